The van der Waals surface area contributed by atoms with Crippen molar-refractivity contribution in [3.05, 3.63) is 42.1 Å². The lowest BCUT2D eigenvalue weighted by atomic mass is 10.1. The lowest BCUT2D eigenvalue weighted by molar-refractivity contribution is 0.0799. The fourth-order valence-corrected chi connectivity index (χ4v) is 2.39. The van der Waals surface area contributed by atoms with Gasteiger partial charge in [0, 0.05) is 35.6 Å². The van der Waals surface area contributed by atoms with Gasteiger partial charge in [-0.25, -0.2) is 0 Å². The Hall–Kier alpha value is -1.42. The van der Waals surface area contributed by atoms with Gasteiger partial charge in [-0.1, -0.05) is 35.0 Å². The van der Waals surface area contributed by atoms with Crippen LogP contribution in [0, 0.1) is 0 Å². The highest BCUT2D eigenvalue weighted by molar-refractivity contribution is 9.09. The van der Waals surface area contributed by atoms with Gasteiger partial charge in [0.15, 0.2) is 0 Å². The molecular weight excluding hydrogens is 292 g/mol. The number of alkyl halides is 1. The van der Waals surface area contributed by atoms with Crippen LogP contribution in [0.5, 0.6) is 0 Å². The normalized spacial score (nSPS) is 12.4. The summed E-state index contributed by atoms with van der Waals surface area (Å²) in [4.78, 5) is 18.6. The van der Waals surface area contributed by atoms with Gasteiger partial charge in [0.2, 0.25) is 0 Å². The number of carbonyl (C=O) groups is 1. The Morgan fingerprint density at radius 2 is 2.17 bits per heavy atom. The second kappa shape index (κ2) is 5.48. The number of aromatic nitrogens is 1. The van der Waals surface area contributed by atoms with Crippen molar-refractivity contribution in [1.82, 2.24) is 9.88 Å². The molecule has 18 heavy (non-hydrogen) atoms. The maximum absolute atomic E-state index is 12.4. The molecule has 0 N–H and O–H groups in total. The summed E-state index contributed by atoms with van der Waals surface area (Å²) in [6.07, 6.45) is 1.74. The summed E-state index contributed by atoms with van der Waals surface area (Å²) in [5.41, 5.74) is 1.56. The average Bonchev–Trinajstić information content (AvgIpc) is 2.36. The highest BCUT2D eigenvalue weighted by Gasteiger charge is 2.15. The van der Waals surface area contributed by atoms with Crippen LogP contribution < -0.4 is 0 Å². The Kier molecular flexibility index (Phi) is 3.97. The second-order valence-corrected chi connectivity index (χ2v) is 5.91. The zero-order chi connectivity index (χ0) is 13.1. The van der Waals surface area contributed by atoms with E-state index in [4.69, 9.17) is 0 Å². The van der Waals surface area contributed by atoms with Gasteiger partial charge in [0.25, 0.3) is 5.91 Å². The third kappa shape index (κ3) is 2.70. The van der Waals surface area contributed by atoms with Crippen LogP contribution in [-0.4, -0.2) is 34.2 Å². The first-order chi connectivity index (χ1) is 8.59. The first kappa shape index (κ1) is 13.0. The summed E-state index contributed by atoms with van der Waals surface area (Å²) >= 11 is 3.46. The Morgan fingerprint density at radius 3 is 2.89 bits per heavy atom. The van der Waals surface area contributed by atoms with E-state index in [-0.39, 0.29) is 10.7 Å². The molecule has 0 saturated heterocycles. The summed E-state index contributed by atoms with van der Waals surface area (Å²) in [5.74, 6) is 0.0277. The fourth-order valence-electron chi connectivity index (χ4n) is 1.96. The molecule has 0 aliphatic rings. The van der Waals surface area contributed by atoms with Crippen molar-refractivity contribution in [3.63, 3.8) is 0 Å². The number of hydrogen-bond donors (Lipinski definition) is 0. The van der Waals surface area contributed by atoms with Crippen molar-refractivity contribution in [2.24, 2.45) is 0 Å². The second-order valence-electron chi connectivity index (χ2n) is 4.34. The molecule has 2 aromatic rings. The van der Waals surface area contributed by atoms with Gasteiger partial charge >= 0.3 is 0 Å². The number of halogens is 1. The van der Waals surface area contributed by atoms with Crippen molar-refractivity contribution in [1.29, 1.82) is 0 Å². The summed E-state index contributed by atoms with van der Waals surface area (Å²) in [7, 11) is 1.81. The lowest BCUT2D eigenvalue weighted by Crippen LogP contribution is -2.31. The fraction of sp³-hybridized carbons (Fsp3) is 0.286. The third-order valence-electron chi connectivity index (χ3n) is 2.75. The molecule has 0 fully saturated rings. The van der Waals surface area contributed by atoms with Gasteiger partial charge in [0.1, 0.15) is 0 Å². The predicted molar refractivity (Wildman–Crippen MR) is 77.1 cm³/mol. The maximum Gasteiger partial charge on any atom is 0.254 e. The van der Waals surface area contributed by atoms with Gasteiger partial charge in [-0.05, 0) is 18.2 Å². The molecule has 0 spiro atoms. The topological polar surface area (TPSA) is 33.2 Å². The molecule has 1 amide bonds. The maximum atomic E-state index is 12.4. The SMILES string of the molecule is CC(Br)CN(C)C(=O)c1cccc2ncccc12. The molecule has 1 unspecified atom stereocenters. The van der Waals surface area contributed by atoms with E-state index in [9.17, 15) is 4.79 Å². The molecule has 0 aliphatic carbocycles. The molecule has 3 nitrogen and oxygen atoms in total. The van der Waals surface area contributed by atoms with Gasteiger partial charge in [-0.3, -0.25) is 9.78 Å². The molecule has 94 valence electrons. The van der Waals surface area contributed by atoms with E-state index in [0.717, 1.165) is 10.9 Å². The monoisotopic (exact) mass is 306 g/mol. The van der Waals surface area contributed by atoms with E-state index in [1.54, 1.807) is 11.1 Å². The number of pyridine rings is 1. The van der Waals surface area contributed by atoms with E-state index in [1.807, 2.05) is 44.3 Å². The van der Waals surface area contributed by atoms with Gasteiger partial charge in [-0.2, -0.15) is 0 Å². The van der Waals surface area contributed by atoms with Crippen molar-refractivity contribution in [3.8, 4) is 0 Å². The predicted octanol–water partition coefficient (Wildman–Crippen LogP) is 3.09. The molecule has 2 rings (SSSR count). The molecule has 0 saturated carbocycles. The van der Waals surface area contributed by atoms with Crippen LogP contribution in [0.25, 0.3) is 10.9 Å². The van der Waals surface area contributed by atoms with Crippen LogP contribution in [0.2, 0.25) is 0 Å². The van der Waals surface area contributed by atoms with Gasteiger partial charge < -0.3 is 4.90 Å². The van der Waals surface area contributed by atoms with Gasteiger partial charge in [0.05, 0.1) is 5.52 Å². The summed E-state index contributed by atoms with van der Waals surface area (Å²) in [5, 5.41) is 0.902. The Morgan fingerprint density at radius 1 is 1.39 bits per heavy atom. The third-order valence-corrected chi connectivity index (χ3v) is 3.04. The van der Waals surface area contributed by atoms with Crippen molar-refractivity contribution < 1.29 is 4.79 Å². The number of fused-ring (bicyclic) bond motifs is 1. The summed E-state index contributed by atoms with van der Waals surface area (Å²) in [6.45, 7) is 2.70. The van der Waals surface area contributed by atoms with Crippen LogP contribution in [-0.2, 0) is 0 Å². The van der Waals surface area contributed by atoms with E-state index >= 15 is 0 Å². The quantitative estimate of drug-likeness (QED) is 0.816. The molecular formula is C14H15BrN2O. The molecule has 1 heterocycles. The Balaban J connectivity index is 2.39. The van der Waals surface area contributed by atoms with Crippen molar-refractivity contribution in [2.45, 2.75) is 11.8 Å². The van der Waals surface area contributed by atoms with Crippen LogP contribution >= 0.6 is 15.9 Å². The smallest absolute Gasteiger partial charge is 0.254 e. The lowest BCUT2D eigenvalue weighted by Gasteiger charge is -2.19. The molecule has 0 radical (unpaired) electrons. The zero-order valence-electron chi connectivity index (χ0n) is 10.4. The van der Waals surface area contributed by atoms with E-state index in [2.05, 4.69) is 20.9 Å². The van der Waals surface area contributed by atoms with Crippen LogP contribution in [0.1, 0.15) is 17.3 Å². The molecule has 1 atom stereocenters. The first-order valence-corrected chi connectivity index (χ1v) is 6.74. The Labute approximate surface area is 115 Å². The molecule has 1 aromatic carbocycles. The van der Waals surface area contributed by atoms with Crippen molar-refractivity contribution >= 4 is 32.7 Å². The zero-order valence-corrected chi connectivity index (χ0v) is 12.0. The molecule has 1 aromatic heterocycles. The minimum atomic E-state index is 0.0277. The minimum absolute atomic E-state index is 0.0277. The van der Waals surface area contributed by atoms with Crippen LogP contribution in [0.4, 0.5) is 0 Å². The number of benzene rings is 1. The highest BCUT2D eigenvalue weighted by Crippen LogP contribution is 2.18. The summed E-state index contributed by atoms with van der Waals surface area (Å²) < 4.78 is 0. The number of rotatable bonds is 3. The van der Waals surface area contributed by atoms with Crippen LogP contribution in [0.15, 0.2) is 36.5 Å². The first-order valence-electron chi connectivity index (χ1n) is 5.83. The standard InChI is InChI=1S/C14H15BrN2O/c1-10(15)9-17(2)14(18)12-5-3-7-13-11(12)6-4-8-16-13/h3-8,10H,9H2,1-2H3. The van der Waals surface area contributed by atoms with E-state index in [0.29, 0.717) is 12.1 Å². The Bertz CT molecular complexity index is 563. The molecule has 0 bridgehead atoms. The van der Waals surface area contributed by atoms with Crippen LogP contribution in [0.3, 0.4) is 0 Å². The largest absolute Gasteiger partial charge is 0.341 e. The molecule has 0 aliphatic heterocycles. The summed E-state index contributed by atoms with van der Waals surface area (Å²) in [6, 6.07) is 9.42. The highest BCUT2D eigenvalue weighted by atomic mass is 79.9. The number of hydrogen-bond acceptors (Lipinski definition) is 2. The van der Waals surface area contributed by atoms with Crippen molar-refractivity contribution in [2.75, 3.05) is 13.6 Å². The van der Waals surface area contributed by atoms with Gasteiger partial charge in [-0.15, -0.1) is 0 Å². The number of carbonyl (C=O) groups excluding carboxylic acids is 1. The van der Waals surface area contributed by atoms with E-state index in [1.165, 1.54) is 0 Å². The average molecular weight is 307 g/mol. The van der Waals surface area contributed by atoms with E-state index < -0.39 is 0 Å². The number of nitrogens with zero attached hydrogens (tertiary/aromatic N) is 2. The minimum Gasteiger partial charge on any atom is -0.341 e. The number of amides is 1. The molecule has 4 heteroatoms.